The van der Waals surface area contributed by atoms with Gasteiger partial charge in [-0.2, -0.15) is 5.10 Å². The molecule has 0 atom stereocenters. The Kier molecular flexibility index (Phi) is 4.65. The Bertz CT molecular complexity index is 1150. The number of rotatable bonds is 5. The molecule has 2 aromatic heterocycles. The van der Waals surface area contributed by atoms with Crippen LogP contribution in [0.15, 0.2) is 54.9 Å². The van der Waals surface area contributed by atoms with Gasteiger partial charge in [-0.1, -0.05) is 15.9 Å². The summed E-state index contributed by atoms with van der Waals surface area (Å²) in [6, 6.07) is 9.94. The highest BCUT2D eigenvalue weighted by molar-refractivity contribution is 9.10. The van der Waals surface area contributed by atoms with Crippen LogP contribution in [0.3, 0.4) is 0 Å². The van der Waals surface area contributed by atoms with E-state index in [1.54, 1.807) is 24.3 Å². The van der Waals surface area contributed by atoms with Crippen LogP contribution in [0.5, 0.6) is 0 Å². The minimum Gasteiger partial charge on any atom is -0.422 e. The number of carbonyl (C=O) groups excluding carboxylic acids is 1. The Labute approximate surface area is 162 Å². The number of carbonyl (C=O) groups is 1. The van der Waals surface area contributed by atoms with Crippen molar-refractivity contribution in [2.75, 3.05) is 6.54 Å². The summed E-state index contributed by atoms with van der Waals surface area (Å²) >= 11 is 3.35. The number of fused-ring (bicyclic) bond motifs is 1. The summed E-state index contributed by atoms with van der Waals surface area (Å²) in [6.07, 6.45) is 2.19. The minimum absolute atomic E-state index is 0.0763. The van der Waals surface area contributed by atoms with Gasteiger partial charge in [0.15, 0.2) is 0 Å². The van der Waals surface area contributed by atoms with E-state index in [-0.39, 0.29) is 24.2 Å². The summed E-state index contributed by atoms with van der Waals surface area (Å²) in [5.74, 6) is -0.106. The molecule has 0 unspecified atom stereocenters. The van der Waals surface area contributed by atoms with Gasteiger partial charge < -0.3 is 9.73 Å². The maximum absolute atomic E-state index is 12.4. The third kappa shape index (κ3) is 3.85. The summed E-state index contributed by atoms with van der Waals surface area (Å²) in [5.41, 5.74) is 0.318. The van der Waals surface area contributed by atoms with Gasteiger partial charge in [0.2, 0.25) is 0 Å². The first-order valence-corrected chi connectivity index (χ1v) is 9.40. The molecule has 0 aliphatic heterocycles. The Balaban J connectivity index is 1.47. The maximum atomic E-state index is 12.4. The number of nitrogens with one attached hydrogen (secondary N) is 1. The highest BCUT2D eigenvalue weighted by Gasteiger charge is 2.25. The zero-order valence-corrected chi connectivity index (χ0v) is 15.9. The van der Waals surface area contributed by atoms with Crippen molar-refractivity contribution >= 4 is 32.8 Å². The molecule has 7 nitrogen and oxygen atoms in total. The van der Waals surface area contributed by atoms with Crippen LogP contribution < -0.4 is 16.5 Å². The summed E-state index contributed by atoms with van der Waals surface area (Å²) in [7, 11) is 0. The lowest BCUT2D eigenvalue weighted by molar-refractivity contribution is 0.0948. The second kappa shape index (κ2) is 7.11. The molecule has 0 spiro atoms. The quantitative estimate of drug-likeness (QED) is 0.628. The van der Waals surface area contributed by atoms with Gasteiger partial charge in [-0.25, -0.2) is 9.48 Å². The van der Waals surface area contributed by atoms with E-state index in [1.165, 1.54) is 16.8 Å². The van der Waals surface area contributed by atoms with Crippen LogP contribution in [0.4, 0.5) is 0 Å². The van der Waals surface area contributed by atoms with Crippen LogP contribution in [-0.4, -0.2) is 22.2 Å². The van der Waals surface area contributed by atoms with Crippen LogP contribution >= 0.6 is 15.9 Å². The maximum Gasteiger partial charge on any atom is 0.349 e. The fourth-order valence-electron chi connectivity index (χ4n) is 2.84. The van der Waals surface area contributed by atoms with Gasteiger partial charge in [-0.15, -0.1) is 0 Å². The lowest BCUT2D eigenvalue weighted by Gasteiger charge is -2.08. The van der Waals surface area contributed by atoms with Gasteiger partial charge >= 0.3 is 5.63 Å². The normalized spacial score (nSPS) is 13.7. The van der Waals surface area contributed by atoms with Crippen LogP contribution in [0.1, 0.15) is 34.8 Å². The fraction of sp³-hybridized carbons (Fsp3) is 0.263. The van der Waals surface area contributed by atoms with E-state index in [1.807, 2.05) is 0 Å². The Morgan fingerprint density at radius 2 is 2.04 bits per heavy atom. The highest BCUT2D eigenvalue weighted by Crippen LogP contribution is 2.38. The van der Waals surface area contributed by atoms with Crippen molar-refractivity contribution in [1.29, 1.82) is 0 Å². The van der Waals surface area contributed by atoms with Crippen molar-refractivity contribution in [3.8, 4) is 0 Å². The zero-order valence-electron chi connectivity index (χ0n) is 14.3. The first-order valence-electron chi connectivity index (χ1n) is 8.61. The van der Waals surface area contributed by atoms with Gasteiger partial charge in [-0.05, 0) is 43.2 Å². The number of nitrogens with zero attached hydrogens (tertiary/aromatic N) is 2. The average molecular weight is 430 g/mol. The van der Waals surface area contributed by atoms with Crippen LogP contribution in [-0.2, 0) is 6.54 Å². The van der Waals surface area contributed by atoms with E-state index in [2.05, 4.69) is 26.3 Å². The Morgan fingerprint density at radius 3 is 2.81 bits per heavy atom. The van der Waals surface area contributed by atoms with E-state index in [4.69, 9.17) is 4.42 Å². The number of benzene rings is 1. The largest absolute Gasteiger partial charge is 0.422 e. The third-order valence-electron chi connectivity index (χ3n) is 4.43. The number of hydrogen-bond donors (Lipinski definition) is 1. The highest BCUT2D eigenvalue weighted by atomic mass is 79.9. The smallest absolute Gasteiger partial charge is 0.349 e. The molecule has 3 aromatic rings. The standard InChI is InChI=1S/C19H16BrN3O4/c20-13-3-5-16-12(9-13)10-14(19(26)27-16)18(25)21-7-8-23-17(24)6-4-15(22-23)11-1-2-11/h3-6,9-11H,1-2,7-8H2,(H,21,25). The van der Waals surface area contributed by atoms with Crippen molar-refractivity contribution < 1.29 is 9.21 Å². The molecule has 1 N–H and O–H groups in total. The zero-order chi connectivity index (χ0) is 19.0. The molecule has 1 amide bonds. The van der Waals surface area contributed by atoms with E-state index in [0.29, 0.717) is 16.9 Å². The lowest BCUT2D eigenvalue weighted by Crippen LogP contribution is -2.34. The van der Waals surface area contributed by atoms with Crippen LogP contribution in [0, 0.1) is 0 Å². The number of hydrogen-bond acceptors (Lipinski definition) is 5. The van der Waals surface area contributed by atoms with Gasteiger partial charge in [0, 0.05) is 28.4 Å². The summed E-state index contributed by atoms with van der Waals surface area (Å²) in [4.78, 5) is 36.3. The van der Waals surface area contributed by atoms with Crippen molar-refractivity contribution in [3.05, 3.63) is 72.9 Å². The van der Waals surface area contributed by atoms with E-state index in [0.717, 1.165) is 23.0 Å². The molecule has 0 bridgehead atoms. The lowest BCUT2D eigenvalue weighted by atomic mass is 10.2. The van der Waals surface area contributed by atoms with Gasteiger partial charge in [0.25, 0.3) is 11.5 Å². The number of amides is 1. The molecule has 0 radical (unpaired) electrons. The molecule has 2 heterocycles. The average Bonchev–Trinajstić information content (AvgIpc) is 3.48. The van der Waals surface area contributed by atoms with Gasteiger partial charge in [-0.3, -0.25) is 9.59 Å². The predicted octanol–water partition coefficient (Wildman–Crippen LogP) is 2.42. The first-order chi connectivity index (χ1) is 13.0. The Morgan fingerprint density at radius 1 is 1.22 bits per heavy atom. The second-order valence-electron chi connectivity index (χ2n) is 6.48. The molecule has 1 fully saturated rings. The van der Waals surface area contributed by atoms with Crippen molar-refractivity contribution in [1.82, 2.24) is 15.1 Å². The van der Waals surface area contributed by atoms with Crippen molar-refractivity contribution in [3.63, 3.8) is 0 Å². The van der Waals surface area contributed by atoms with Crippen LogP contribution in [0.2, 0.25) is 0 Å². The number of halogens is 1. The van der Waals surface area contributed by atoms with E-state index < -0.39 is 11.5 Å². The predicted molar refractivity (Wildman–Crippen MR) is 103 cm³/mol. The van der Waals surface area contributed by atoms with E-state index >= 15 is 0 Å². The van der Waals surface area contributed by atoms with E-state index in [9.17, 15) is 14.4 Å². The molecule has 4 rings (SSSR count). The number of aromatic nitrogens is 2. The topological polar surface area (TPSA) is 94.2 Å². The van der Waals surface area contributed by atoms with Crippen molar-refractivity contribution in [2.45, 2.75) is 25.3 Å². The molecular weight excluding hydrogens is 414 g/mol. The van der Waals surface area contributed by atoms with Gasteiger partial charge in [0.1, 0.15) is 11.1 Å². The second-order valence-corrected chi connectivity index (χ2v) is 7.40. The Hall–Kier alpha value is -2.74. The molecule has 138 valence electrons. The molecule has 1 aliphatic carbocycles. The molecule has 1 saturated carbocycles. The molecule has 1 aliphatic rings. The SMILES string of the molecule is O=C(NCCn1nc(C2CC2)ccc1=O)c1cc2cc(Br)ccc2oc1=O. The molecule has 8 heteroatoms. The van der Waals surface area contributed by atoms with Crippen LogP contribution in [0.25, 0.3) is 11.0 Å². The van der Waals surface area contributed by atoms with Crippen molar-refractivity contribution in [2.24, 2.45) is 0 Å². The molecule has 1 aromatic carbocycles. The summed E-state index contributed by atoms with van der Waals surface area (Å²) in [5, 5.41) is 7.63. The summed E-state index contributed by atoms with van der Waals surface area (Å²) in [6.45, 7) is 0.408. The molecule has 27 heavy (non-hydrogen) atoms. The summed E-state index contributed by atoms with van der Waals surface area (Å²) < 4.78 is 7.35. The minimum atomic E-state index is -0.701. The third-order valence-corrected chi connectivity index (χ3v) is 4.92. The molecule has 0 saturated heterocycles. The first kappa shape index (κ1) is 17.7. The van der Waals surface area contributed by atoms with Gasteiger partial charge in [0.05, 0.1) is 12.2 Å². The fourth-order valence-corrected chi connectivity index (χ4v) is 3.22. The molecular formula is C19H16BrN3O4. The monoisotopic (exact) mass is 429 g/mol.